The van der Waals surface area contributed by atoms with Crippen LogP contribution >= 0.6 is 0 Å². The third kappa shape index (κ3) is 3.19. The van der Waals surface area contributed by atoms with Crippen molar-refractivity contribution in [2.24, 2.45) is 0 Å². The van der Waals surface area contributed by atoms with E-state index in [4.69, 9.17) is 9.72 Å². The molecule has 1 aliphatic heterocycles. The van der Waals surface area contributed by atoms with Gasteiger partial charge in [-0.3, -0.25) is 9.78 Å². The van der Waals surface area contributed by atoms with Gasteiger partial charge in [0.2, 0.25) is 11.9 Å². The van der Waals surface area contributed by atoms with Gasteiger partial charge in [0.1, 0.15) is 12.4 Å². The molecule has 0 saturated heterocycles. The van der Waals surface area contributed by atoms with Crippen LogP contribution in [0.25, 0.3) is 22.5 Å². The molecular formula is C21H23N5O2. The molecule has 4 rings (SSSR count). The number of amides is 1. The molecule has 0 fully saturated rings. The number of hydrogen-bond donors (Lipinski definition) is 1. The van der Waals surface area contributed by atoms with Crippen LogP contribution in [0, 0.1) is 6.92 Å². The first-order valence-electron chi connectivity index (χ1n) is 9.19. The maximum Gasteiger partial charge on any atom is 0.224 e. The van der Waals surface area contributed by atoms with Gasteiger partial charge < -0.3 is 19.5 Å². The second-order valence-electron chi connectivity index (χ2n) is 7.07. The van der Waals surface area contributed by atoms with Crippen molar-refractivity contribution in [2.75, 3.05) is 37.0 Å². The minimum Gasteiger partial charge on any atom is -0.490 e. The second-order valence-corrected chi connectivity index (χ2v) is 7.07. The van der Waals surface area contributed by atoms with E-state index in [1.54, 1.807) is 18.0 Å². The molecule has 2 aromatic heterocycles. The van der Waals surface area contributed by atoms with Crippen LogP contribution < -0.4 is 14.5 Å². The number of ether oxygens (including phenoxy) is 1. The van der Waals surface area contributed by atoms with Crippen LogP contribution in [0.4, 0.5) is 11.6 Å². The zero-order valence-corrected chi connectivity index (χ0v) is 16.5. The Kier molecular flexibility index (Phi) is 4.50. The Morgan fingerprint density at radius 3 is 2.75 bits per heavy atom. The van der Waals surface area contributed by atoms with Crippen molar-refractivity contribution in [1.29, 1.82) is 0 Å². The summed E-state index contributed by atoms with van der Waals surface area (Å²) in [5, 5.41) is 0. The van der Waals surface area contributed by atoms with Gasteiger partial charge in [-0.15, -0.1) is 0 Å². The zero-order chi connectivity index (χ0) is 19.8. The summed E-state index contributed by atoms with van der Waals surface area (Å²) in [5.74, 6) is 1.48. The molecule has 1 aliphatic rings. The standard InChI is InChI=1S/C21H23N5O2/c1-13-11-16(7-8-22-13)20-19(23-21(24-20)25(3)4)15-5-6-18-17(12-15)26(14(2)27)9-10-28-18/h5-8,11-12H,9-10H2,1-4H3,(H,23,24). The van der Waals surface area contributed by atoms with Gasteiger partial charge in [0, 0.05) is 44.0 Å². The van der Waals surface area contributed by atoms with E-state index in [1.807, 2.05) is 56.3 Å². The van der Waals surface area contributed by atoms with Gasteiger partial charge >= 0.3 is 0 Å². The van der Waals surface area contributed by atoms with Crippen LogP contribution in [0.15, 0.2) is 36.5 Å². The number of hydrogen-bond acceptors (Lipinski definition) is 5. The van der Waals surface area contributed by atoms with Crippen molar-refractivity contribution in [1.82, 2.24) is 15.0 Å². The van der Waals surface area contributed by atoms with E-state index in [0.717, 1.165) is 45.6 Å². The molecule has 28 heavy (non-hydrogen) atoms. The number of pyridine rings is 1. The van der Waals surface area contributed by atoms with E-state index < -0.39 is 0 Å². The van der Waals surface area contributed by atoms with Crippen molar-refractivity contribution < 1.29 is 9.53 Å². The molecule has 1 aromatic carbocycles. The smallest absolute Gasteiger partial charge is 0.224 e. The molecule has 3 aromatic rings. The average Bonchev–Trinajstić information content (AvgIpc) is 3.13. The van der Waals surface area contributed by atoms with Crippen molar-refractivity contribution in [3.63, 3.8) is 0 Å². The Labute approximate surface area is 164 Å². The molecule has 0 spiro atoms. The summed E-state index contributed by atoms with van der Waals surface area (Å²) in [7, 11) is 3.89. The number of carbonyl (C=O) groups excluding carboxylic acids is 1. The highest BCUT2D eigenvalue weighted by Gasteiger charge is 2.23. The summed E-state index contributed by atoms with van der Waals surface area (Å²) in [6.07, 6.45) is 1.79. The van der Waals surface area contributed by atoms with Gasteiger partial charge in [-0.05, 0) is 37.3 Å². The van der Waals surface area contributed by atoms with Gasteiger partial charge in [-0.1, -0.05) is 0 Å². The fourth-order valence-electron chi connectivity index (χ4n) is 3.38. The lowest BCUT2D eigenvalue weighted by Crippen LogP contribution is -2.36. The number of anilines is 2. The molecule has 144 valence electrons. The lowest BCUT2D eigenvalue weighted by molar-refractivity contribution is -0.116. The highest BCUT2D eigenvalue weighted by molar-refractivity contribution is 5.95. The van der Waals surface area contributed by atoms with Crippen LogP contribution in [0.5, 0.6) is 5.75 Å². The molecule has 0 saturated carbocycles. The lowest BCUT2D eigenvalue weighted by Gasteiger charge is -2.29. The van der Waals surface area contributed by atoms with E-state index in [0.29, 0.717) is 13.2 Å². The maximum absolute atomic E-state index is 12.1. The maximum atomic E-state index is 12.1. The van der Waals surface area contributed by atoms with Crippen LogP contribution in [0.1, 0.15) is 12.6 Å². The van der Waals surface area contributed by atoms with E-state index in [1.165, 1.54) is 0 Å². The Hall–Kier alpha value is -3.35. The monoisotopic (exact) mass is 377 g/mol. The van der Waals surface area contributed by atoms with E-state index in [9.17, 15) is 4.79 Å². The number of benzene rings is 1. The molecule has 1 amide bonds. The van der Waals surface area contributed by atoms with Crippen LogP contribution in [0.2, 0.25) is 0 Å². The number of rotatable bonds is 3. The number of H-pyrrole nitrogens is 1. The number of aromatic amines is 1. The number of carbonyl (C=O) groups is 1. The first-order valence-corrected chi connectivity index (χ1v) is 9.19. The van der Waals surface area contributed by atoms with E-state index in [-0.39, 0.29) is 5.91 Å². The summed E-state index contributed by atoms with van der Waals surface area (Å²) < 4.78 is 5.73. The minimum atomic E-state index is 0.00249. The SMILES string of the molecule is CC(=O)N1CCOc2ccc(-c3nc(N(C)C)[nH]c3-c3ccnc(C)c3)cc21. The summed E-state index contributed by atoms with van der Waals surface area (Å²) in [6.45, 7) is 4.59. The van der Waals surface area contributed by atoms with Gasteiger partial charge in [0.25, 0.3) is 0 Å². The summed E-state index contributed by atoms with van der Waals surface area (Å²) in [5.41, 5.74) is 5.39. The predicted molar refractivity (Wildman–Crippen MR) is 110 cm³/mol. The largest absolute Gasteiger partial charge is 0.490 e. The van der Waals surface area contributed by atoms with Crippen molar-refractivity contribution in [2.45, 2.75) is 13.8 Å². The Morgan fingerprint density at radius 2 is 2.04 bits per heavy atom. The van der Waals surface area contributed by atoms with Gasteiger partial charge in [0.05, 0.1) is 23.6 Å². The van der Waals surface area contributed by atoms with Crippen LogP contribution in [-0.4, -0.2) is 48.1 Å². The topological polar surface area (TPSA) is 74.4 Å². The van der Waals surface area contributed by atoms with Crippen molar-refractivity contribution in [3.8, 4) is 28.3 Å². The third-order valence-corrected chi connectivity index (χ3v) is 4.78. The molecule has 3 heterocycles. The lowest BCUT2D eigenvalue weighted by atomic mass is 10.0. The Balaban J connectivity index is 1.87. The third-order valence-electron chi connectivity index (χ3n) is 4.78. The normalized spacial score (nSPS) is 13.1. The molecule has 0 aliphatic carbocycles. The molecule has 0 bridgehead atoms. The first-order chi connectivity index (χ1) is 13.4. The van der Waals surface area contributed by atoms with Crippen LogP contribution in [0.3, 0.4) is 0 Å². The van der Waals surface area contributed by atoms with Gasteiger partial charge in [-0.25, -0.2) is 4.98 Å². The fraction of sp³-hybridized carbons (Fsp3) is 0.286. The first kappa shape index (κ1) is 18.0. The summed E-state index contributed by atoms with van der Waals surface area (Å²) in [4.78, 5) is 28.3. The molecular weight excluding hydrogens is 354 g/mol. The van der Waals surface area contributed by atoms with E-state index >= 15 is 0 Å². The summed E-state index contributed by atoms with van der Waals surface area (Å²) in [6, 6.07) is 9.86. The fourth-order valence-corrected chi connectivity index (χ4v) is 3.38. The van der Waals surface area contributed by atoms with Crippen molar-refractivity contribution in [3.05, 3.63) is 42.2 Å². The Bertz CT molecular complexity index is 1040. The van der Waals surface area contributed by atoms with Gasteiger partial charge in [-0.2, -0.15) is 0 Å². The molecule has 0 unspecified atom stereocenters. The van der Waals surface area contributed by atoms with Crippen LogP contribution in [-0.2, 0) is 4.79 Å². The molecule has 0 radical (unpaired) electrons. The molecule has 7 heteroatoms. The average molecular weight is 377 g/mol. The molecule has 7 nitrogen and oxygen atoms in total. The number of nitrogens with zero attached hydrogens (tertiary/aromatic N) is 4. The second kappa shape index (κ2) is 6.99. The summed E-state index contributed by atoms with van der Waals surface area (Å²) >= 11 is 0. The number of aromatic nitrogens is 3. The zero-order valence-electron chi connectivity index (χ0n) is 16.5. The number of imidazole rings is 1. The predicted octanol–water partition coefficient (Wildman–Crippen LogP) is 3.26. The minimum absolute atomic E-state index is 0.00249. The highest BCUT2D eigenvalue weighted by atomic mass is 16.5. The molecule has 0 atom stereocenters. The Morgan fingerprint density at radius 1 is 1.21 bits per heavy atom. The van der Waals surface area contributed by atoms with Crippen molar-refractivity contribution >= 4 is 17.5 Å². The molecule has 1 N–H and O–H groups in total. The quantitative estimate of drug-likeness (QED) is 0.758. The number of nitrogens with one attached hydrogen (secondary N) is 1. The number of fused-ring (bicyclic) bond motifs is 1. The van der Waals surface area contributed by atoms with Gasteiger partial charge in [0.15, 0.2) is 0 Å². The number of aryl methyl sites for hydroxylation is 1. The van der Waals surface area contributed by atoms with E-state index in [2.05, 4.69) is 9.97 Å². The highest BCUT2D eigenvalue weighted by Crippen LogP contribution is 2.38.